The van der Waals surface area contributed by atoms with Gasteiger partial charge in [-0.3, -0.25) is 19.7 Å². The molecule has 4 N–H and O–H groups in total. The molecule has 1 amide bonds. The molecule has 10 nitrogen and oxygen atoms in total. The number of fused-ring (bicyclic) bond motifs is 1. The molecule has 0 radical (unpaired) electrons. The molecule has 0 aliphatic carbocycles. The number of pyridine rings is 1. The summed E-state index contributed by atoms with van der Waals surface area (Å²) in [5.41, 5.74) is 12.1. The summed E-state index contributed by atoms with van der Waals surface area (Å²) in [5, 5.41) is 20.2. The van der Waals surface area contributed by atoms with Crippen LogP contribution in [0.2, 0.25) is 10.0 Å². The first-order valence-corrected chi connectivity index (χ1v) is 17.7. The quantitative estimate of drug-likeness (QED) is 0.138. The molecule has 1 atom stereocenters. The molecule has 1 fully saturated rings. The topological polar surface area (TPSA) is 112 Å². The molecule has 1 saturated heterocycles. The van der Waals surface area contributed by atoms with E-state index in [0.717, 1.165) is 42.9 Å². The van der Waals surface area contributed by atoms with Crippen LogP contribution in [0.25, 0.3) is 10.9 Å². The predicted octanol–water partition coefficient (Wildman–Crippen LogP) is 7.73. The van der Waals surface area contributed by atoms with Gasteiger partial charge in [-0.05, 0) is 81.1 Å². The highest BCUT2D eigenvalue weighted by molar-refractivity contribution is 6.36. The van der Waals surface area contributed by atoms with Crippen LogP contribution in [0.15, 0.2) is 72.7 Å². The number of piperidine rings is 1. The minimum absolute atomic E-state index is 0.0393. The number of likely N-dealkylation sites (tertiary alicyclic amines) is 1. The number of nitriles is 1. The lowest BCUT2D eigenvalue weighted by Gasteiger charge is -2.42. The van der Waals surface area contributed by atoms with E-state index in [1.54, 1.807) is 18.0 Å². The van der Waals surface area contributed by atoms with Crippen molar-refractivity contribution in [2.45, 2.75) is 64.7 Å². The van der Waals surface area contributed by atoms with E-state index >= 15 is 0 Å². The molecule has 4 aromatic rings. The van der Waals surface area contributed by atoms with Crippen LogP contribution in [0, 0.1) is 17.1 Å². The molecule has 2 aliphatic rings. The first-order chi connectivity index (χ1) is 24.3. The largest absolute Gasteiger partial charge is 0.379 e. The third kappa shape index (κ3) is 8.00. The van der Waals surface area contributed by atoms with Crippen molar-refractivity contribution in [2.24, 2.45) is 0 Å². The van der Waals surface area contributed by atoms with Gasteiger partial charge in [-0.15, -0.1) is 5.53 Å². The summed E-state index contributed by atoms with van der Waals surface area (Å²) in [5.74, 6) is -0.596. The first kappa shape index (κ1) is 36.2. The van der Waals surface area contributed by atoms with Crippen LogP contribution in [0.3, 0.4) is 0 Å². The molecular weight excluding hydrogens is 688 g/mol. The Morgan fingerprint density at radius 2 is 1.90 bits per heavy atom. The van der Waals surface area contributed by atoms with Gasteiger partial charge in [0.25, 0.3) is 0 Å². The number of aromatic nitrogens is 1. The van der Waals surface area contributed by atoms with Crippen LogP contribution in [0.5, 0.6) is 0 Å². The fourth-order valence-corrected chi connectivity index (χ4v) is 6.95. The summed E-state index contributed by atoms with van der Waals surface area (Å²) in [4.78, 5) is 20.9. The predicted molar refractivity (Wildman–Crippen MR) is 203 cm³/mol. The minimum Gasteiger partial charge on any atom is -0.379 e. The first-order valence-electron chi connectivity index (χ1n) is 16.9. The summed E-state index contributed by atoms with van der Waals surface area (Å²) in [6, 6.07) is 18.3. The Morgan fingerprint density at radius 1 is 1.14 bits per heavy atom. The standard InChI is InChI=1S/C38H42Cl2FN9O/c1-23(51)48(5)29-8-6-7-25(16-29)36(34-22-50(47-46-34)28-11-13-49(14-12-28)38(2,3)4)45-27-17-30-35(26(19-42)21-44-37(30)32(40)18-27)43-20-24-9-10-31(39)33(41)15-24/h6-10,15-18,21-22,28,36,45-47H,11-14,20H2,1-5H3,(H,43,44)/t36-/m0/s1. The number of anilines is 3. The number of carbonyl (C=O) groups excluding carboxylic acids is 1. The van der Waals surface area contributed by atoms with Crippen LogP contribution in [0.4, 0.5) is 21.5 Å². The lowest BCUT2D eigenvalue weighted by atomic mass is 9.97. The number of amides is 1. The van der Waals surface area contributed by atoms with E-state index in [1.165, 1.54) is 25.3 Å². The highest BCUT2D eigenvalue weighted by Crippen LogP contribution is 2.37. The van der Waals surface area contributed by atoms with Gasteiger partial charge in [-0.2, -0.15) is 5.26 Å². The zero-order chi connectivity index (χ0) is 36.4. The molecule has 51 heavy (non-hydrogen) atoms. The zero-order valence-electron chi connectivity index (χ0n) is 29.3. The molecular formula is C38H42Cl2FN9O. The van der Waals surface area contributed by atoms with E-state index in [4.69, 9.17) is 23.2 Å². The van der Waals surface area contributed by atoms with Gasteiger partial charge < -0.3 is 21.0 Å². The summed E-state index contributed by atoms with van der Waals surface area (Å²) < 4.78 is 14.2. The number of hydrogen-bond donors (Lipinski definition) is 4. The Kier molecular flexibility index (Phi) is 10.6. The fourth-order valence-electron chi connectivity index (χ4n) is 6.56. The third-order valence-electron chi connectivity index (χ3n) is 9.60. The summed E-state index contributed by atoms with van der Waals surface area (Å²) in [6.07, 6.45) is 5.61. The van der Waals surface area contributed by atoms with Gasteiger partial charge in [0, 0.05) is 74.3 Å². The number of carbonyl (C=O) groups is 1. The number of rotatable bonds is 9. The number of hydrazine groups is 2. The summed E-state index contributed by atoms with van der Waals surface area (Å²) >= 11 is 12.8. The number of hydrogen-bond acceptors (Lipinski definition) is 9. The van der Waals surface area contributed by atoms with Gasteiger partial charge in [-0.25, -0.2) is 4.39 Å². The molecule has 2 aliphatic heterocycles. The van der Waals surface area contributed by atoms with E-state index in [0.29, 0.717) is 44.5 Å². The Hall–Kier alpha value is -4.60. The molecule has 0 saturated carbocycles. The zero-order valence-corrected chi connectivity index (χ0v) is 30.8. The average Bonchev–Trinajstić information content (AvgIpc) is 3.60. The van der Waals surface area contributed by atoms with Gasteiger partial charge >= 0.3 is 0 Å². The maximum atomic E-state index is 14.2. The average molecular weight is 731 g/mol. The second kappa shape index (κ2) is 14.9. The highest BCUT2D eigenvalue weighted by Gasteiger charge is 2.32. The summed E-state index contributed by atoms with van der Waals surface area (Å²) in [7, 11) is 1.75. The molecule has 0 spiro atoms. The van der Waals surface area contributed by atoms with Crippen LogP contribution in [-0.4, -0.2) is 52.5 Å². The van der Waals surface area contributed by atoms with Gasteiger partial charge in [0.1, 0.15) is 11.9 Å². The molecule has 3 heterocycles. The Morgan fingerprint density at radius 3 is 2.59 bits per heavy atom. The van der Waals surface area contributed by atoms with E-state index in [1.807, 2.05) is 36.4 Å². The lowest BCUT2D eigenvalue weighted by molar-refractivity contribution is -0.116. The molecule has 266 valence electrons. The van der Waals surface area contributed by atoms with Crippen molar-refractivity contribution in [3.63, 3.8) is 0 Å². The molecule has 0 bridgehead atoms. The molecule has 0 unspecified atom stereocenters. The maximum absolute atomic E-state index is 14.2. The second-order valence-electron chi connectivity index (χ2n) is 14.0. The van der Waals surface area contributed by atoms with E-state index in [2.05, 4.69) is 69.5 Å². The smallest absolute Gasteiger partial charge is 0.223 e. The van der Waals surface area contributed by atoms with Gasteiger partial charge in [0.05, 0.1) is 38.6 Å². The SMILES string of the molecule is CC(=O)N(C)c1cccc([C@H](Nc2cc(Cl)c3ncc(C#N)c(NCc4ccc(Cl)c(F)c4)c3c2)C2=CN(C3CCN(C(C)(C)C)CC3)NN2)c1. The van der Waals surface area contributed by atoms with Crippen LogP contribution >= 0.6 is 23.2 Å². The number of nitrogens with one attached hydrogen (secondary N) is 4. The Balaban J connectivity index is 1.35. The molecule has 6 rings (SSSR count). The third-order valence-corrected chi connectivity index (χ3v) is 10.2. The molecule has 1 aromatic heterocycles. The van der Waals surface area contributed by atoms with Gasteiger partial charge in [0.2, 0.25) is 5.91 Å². The molecule has 13 heteroatoms. The lowest BCUT2D eigenvalue weighted by Crippen LogP contribution is -2.52. The van der Waals surface area contributed by atoms with E-state index in [-0.39, 0.29) is 23.0 Å². The van der Waals surface area contributed by atoms with Crippen molar-refractivity contribution >= 4 is 57.1 Å². The van der Waals surface area contributed by atoms with Crippen molar-refractivity contribution < 1.29 is 9.18 Å². The Bertz CT molecular complexity index is 2020. The monoisotopic (exact) mass is 729 g/mol. The summed E-state index contributed by atoms with van der Waals surface area (Å²) in [6.45, 7) is 10.6. The maximum Gasteiger partial charge on any atom is 0.223 e. The highest BCUT2D eigenvalue weighted by atomic mass is 35.5. The molecule has 3 aromatic carbocycles. The minimum atomic E-state index is -0.520. The van der Waals surface area contributed by atoms with Crippen molar-refractivity contribution in [2.75, 3.05) is 35.7 Å². The van der Waals surface area contributed by atoms with Crippen LogP contribution < -0.4 is 26.5 Å². The van der Waals surface area contributed by atoms with Crippen molar-refractivity contribution in [1.82, 2.24) is 25.9 Å². The number of halogens is 3. The van der Waals surface area contributed by atoms with E-state index < -0.39 is 11.9 Å². The number of benzene rings is 3. The van der Waals surface area contributed by atoms with E-state index in [9.17, 15) is 14.4 Å². The van der Waals surface area contributed by atoms with Crippen molar-refractivity contribution in [3.8, 4) is 6.07 Å². The normalized spacial score (nSPS) is 16.0. The van der Waals surface area contributed by atoms with Crippen molar-refractivity contribution in [3.05, 3.63) is 105 Å². The Labute approximate surface area is 308 Å². The van der Waals surface area contributed by atoms with Crippen LogP contribution in [0.1, 0.15) is 63.3 Å². The fraction of sp³-hybridized carbons (Fsp3) is 0.342. The van der Waals surface area contributed by atoms with Gasteiger partial charge in [-0.1, -0.05) is 41.4 Å². The van der Waals surface area contributed by atoms with Crippen LogP contribution in [-0.2, 0) is 11.3 Å². The second-order valence-corrected chi connectivity index (χ2v) is 14.8. The number of nitrogens with zero attached hydrogens (tertiary/aromatic N) is 5. The van der Waals surface area contributed by atoms with Crippen molar-refractivity contribution in [1.29, 1.82) is 5.26 Å². The van der Waals surface area contributed by atoms with Gasteiger partial charge in [0.15, 0.2) is 0 Å².